The van der Waals surface area contributed by atoms with Crippen molar-refractivity contribution >= 4 is 40.3 Å². The number of ether oxygens (including phenoxy) is 1. The van der Waals surface area contributed by atoms with Gasteiger partial charge in [-0.3, -0.25) is 9.78 Å². The number of aromatic nitrogens is 4. The van der Waals surface area contributed by atoms with E-state index in [0.29, 0.717) is 54.3 Å². The zero-order chi connectivity index (χ0) is 33.6. The van der Waals surface area contributed by atoms with Crippen LogP contribution in [0.2, 0.25) is 5.02 Å². The van der Waals surface area contributed by atoms with Crippen LogP contribution in [0, 0.1) is 26.6 Å². The highest BCUT2D eigenvalue weighted by molar-refractivity contribution is 6.30. The Morgan fingerprint density at radius 1 is 1.02 bits per heavy atom. The van der Waals surface area contributed by atoms with E-state index in [9.17, 15) is 14.0 Å². The topological polar surface area (TPSA) is 93.5 Å². The maximum Gasteiger partial charge on any atom is 0.339 e. The van der Waals surface area contributed by atoms with Gasteiger partial charge in [0.2, 0.25) is 0 Å². The van der Waals surface area contributed by atoms with Gasteiger partial charge in [0.05, 0.1) is 41.2 Å². The number of hydrogen-bond acceptors (Lipinski definition) is 7. The Morgan fingerprint density at radius 2 is 1.81 bits per heavy atom. The molecule has 242 valence electrons. The van der Waals surface area contributed by atoms with Crippen LogP contribution < -0.4 is 4.90 Å². The number of aryl methyl sites for hydroxylation is 3. The summed E-state index contributed by atoms with van der Waals surface area (Å²) in [5.41, 5.74) is 5.55. The number of fused-ring (bicyclic) bond motifs is 1. The van der Waals surface area contributed by atoms with Gasteiger partial charge in [0, 0.05) is 43.0 Å². The van der Waals surface area contributed by atoms with Crippen LogP contribution in [-0.4, -0.2) is 68.6 Å². The van der Waals surface area contributed by atoms with Gasteiger partial charge in [-0.1, -0.05) is 23.7 Å². The molecule has 0 bridgehead atoms. The van der Waals surface area contributed by atoms with Gasteiger partial charge in [-0.05, 0) is 87.7 Å². The highest BCUT2D eigenvalue weighted by Crippen LogP contribution is 2.34. The smallest absolute Gasteiger partial charge is 0.339 e. The number of rotatable bonds is 6. The third-order valence-electron chi connectivity index (χ3n) is 8.85. The molecule has 11 heteroatoms. The van der Waals surface area contributed by atoms with E-state index in [2.05, 4.69) is 9.88 Å². The molecular weight excluding hydrogens is 619 g/mol. The van der Waals surface area contributed by atoms with Crippen LogP contribution in [0.3, 0.4) is 0 Å². The van der Waals surface area contributed by atoms with E-state index < -0.39 is 17.3 Å². The monoisotopic (exact) mass is 654 g/mol. The molecule has 0 atom stereocenters. The second-order valence-corrected chi connectivity index (χ2v) is 13.0. The number of pyridine rings is 3. The van der Waals surface area contributed by atoms with Crippen molar-refractivity contribution in [1.29, 1.82) is 0 Å². The maximum atomic E-state index is 14.5. The molecule has 6 rings (SSSR count). The summed E-state index contributed by atoms with van der Waals surface area (Å²) in [5, 5.41) is 0.836. The van der Waals surface area contributed by atoms with Crippen LogP contribution in [0.25, 0.3) is 22.2 Å². The van der Waals surface area contributed by atoms with Gasteiger partial charge in [0.1, 0.15) is 23.0 Å². The number of nitrogens with zero attached hydrogens (tertiary/aromatic N) is 6. The van der Waals surface area contributed by atoms with Gasteiger partial charge in [-0.25, -0.2) is 19.2 Å². The lowest BCUT2D eigenvalue weighted by atomic mass is 9.97. The van der Waals surface area contributed by atoms with Crippen molar-refractivity contribution in [1.82, 2.24) is 24.4 Å². The van der Waals surface area contributed by atoms with Crippen molar-refractivity contribution in [2.24, 2.45) is 0 Å². The van der Waals surface area contributed by atoms with Crippen molar-refractivity contribution in [3.63, 3.8) is 0 Å². The fourth-order valence-electron chi connectivity index (χ4n) is 6.39. The standard InChI is InChI=1S/C36H36ClFN6O3/c1-21-8-7-13-39-30(21)19-43-18-26(24-9-11-27(37)28(38)17-24)25-10-12-29(41-33(25)43)34(45)44-15-14-42(20-36(44,4)5)31-16-22(2)32(23(3)40-31)35(46)47-6/h7-13,16-18H,14-15,19-20H2,1-6H3. The normalized spacial score (nSPS) is 14.5. The molecule has 1 amide bonds. The molecule has 1 fully saturated rings. The molecule has 47 heavy (non-hydrogen) atoms. The van der Waals surface area contributed by atoms with Crippen molar-refractivity contribution < 1.29 is 18.7 Å². The third-order valence-corrected chi connectivity index (χ3v) is 9.16. The molecular formula is C36H36ClFN6O3. The van der Waals surface area contributed by atoms with Crippen molar-refractivity contribution in [2.45, 2.75) is 46.7 Å². The van der Waals surface area contributed by atoms with Crippen molar-refractivity contribution in [2.75, 3.05) is 31.6 Å². The molecule has 0 spiro atoms. The molecule has 0 radical (unpaired) electrons. The summed E-state index contributed by atoms with van der Waals surface area (Å²) >= 11 is 5.98. The Hall–Kier alpha value is -4.83. The van der Waals surface area contributed by atoms with E-state index in [4.69, 9.17) is 26.3 Å². The molecule has 1 aromatic carbocycles. The van der Waals surface area contributed by atoms with Crippen LogP contribution in [0.15, 0.2) is 60.9 Å². The molecule has 1 saturated heterocycles. The van der Waals surface area contributed by atoms with Crippen LogP contribution >= 0.6 is 11.6 Å². The molecule has 0 aliphatic carbocycles. The minimum Gasteiger partial charge on any atom is -0.465 e. The fraction of sp³-hybridized carbons (Fsp3) is 0.306. The van der Waals surface area contributed by atoms with Crippen LogP contribution in [-0.2, 0) is 11.3 Å². The van der Waals surface area contributed by atoms with Gasteiger partial charge in [0.15, 0.2) is 0 Å². The highest BCUT2D eigenvalue weighted by Gasteiger charge is 2.38. The second kappa shape index (κ2) is 12.4. The molecule has 5 heterocycles. The molecule has 0 unspecified atom stereocenters. The molecule has 4 aromatic heterocycles. The molecule has 0 saturated carbocycles. The van der Waals surface area contributed by atoms with Crippen LogP contribution in [0.5, 0.6) is 0 Å². The number of carbonyl (C=O) groups is 2. The number of piperazine rings is 1. The highest BCUT2D eigenvalue weighted by atomic mass is 35.5. The number of esters is 1. The zero-order valence-corrected chi connectivity index (χ0v) is 28.0. The lowest BCUT2D eigenvalue weighted by molar-refractivity contribution is 0.0506. The Balaban J connectivity index is 1.33. The Bertz CT molecular complexity index is 2020. The van der Waals surface area contributed by atoms with E-state index in [0.717, 1.165) is 33.6 Å². The molecule has 1 aliphatic rings. The number of halogens is 2. The predicted molar refractivity (Wildman–Crippen MR) is 181 cm³/mol. The average Bonchev–Trinajstić information content (AvgIpc) is 3.39. The Morgan fingerprint density at radius 3 is 2.49 bits per heavy atom. The SMILES string of the molecule is COC(=O)c1c(C)cc(N2CCN(C(=O)c3ccc4c(-c5ccc(Cl)c(F)c5)cn(Cc5ncccc5C)c4n3)C(C)(C)C2)nc1C. The zero-order valence-electron chi connectivity index (χ0n) is 27.3. The molecule has 9 nitrogen and oxygen atoms in total. The van der Waals surface area contributed by atoms with E-state index in [1.54, 1.807) is 25.3 Å². The summed E-state index contributed by atoms with van der Waals surface area (Å²) in [4.78, 5) is 44.6. The summed E-state index contributed by atoms with van der Waals surface area (Å²) < 4.78 is 21.4. The van der Waals surface area contributed by atoms with E-state index in [-0.39, 0.29) is 10.9 Å². The second-order valence-electron chi connectivity index (χ2n) is 12.6. The summed E-state index contributed by atoms with van der Waals surface area (Å²) in [5.74, 6) is -0.348. The largest absolute Gasteiger partial charge is 0.465 e. The third kappa shape index (κ3) is 6.05. The minimum atomic E-state index is -0.560. The van der Waals surface area contributed by atoms with Gasteiger partial charge < -0.3 is 19.1 Å². The number of hydrogen-bond donors (Lipinski definition) is 0. The lowest BCUT2D eigenvalue weighted by Crippen LogP contribution is -2.61. The molecule has 1 aliphatic heterocycles. The number of methoxy groups -OCH3 is 1. The number of amides is 1. The van der Waals surface area contributed by atoms with Gasteiger partial charge in [-0.2, -0.15) is 0 Å². The number of carbonyl (C=O) groups excluding carboxylic acids is 2. The van der Waals surface area contributed by atoms with Crippen LogP contribution in [0.1, 0.15) is 57.2 Å². The maximum absolute atomic E-state index is 14.5. The van der Waals surface area contributed by atoms with Gasteiger partial charge in [-0.15, -0.1) is 0 Å². The number of benzene rings is 1. The first-order valence-corrected chi connectivity index (χ1v) is 15.7. The van der Waals surface area contributed by atoms with E-state index in [1.807, 2.05) is 67.6 Å². The lowest BCUT2D eigenvalue weighted by Gasteiger charge is -2.47. The minimum absolute atomic E-state index is 0.0505. The quantitative estimate of drug-likeness (QED) is 0.186. The summed E-state index contributed by atoms with van der Waals surface area (Å²) in [6, 6.07) is 14.1. The first-order chi connectivity index (χ1) is 22.4. The van der Waals surface area contributed by atoms with Crippen molar-refractivity contribution in [3.05, 3.63) is 106 Å². The van der Waals surface area contributed by atoms with E-state index in [1.165, 1.54) is 19.2 Å². The fourth-order valence-corrected chi connectivity index (χ4v) is 6.51. The van der Waals surface area contributed by atoms with Crippen LogP contribution in [0.4, 0.5) is 10.2 Å². The first kappa shape index (κ1) is 32.1. The average molecular weight is 655 g/mol. The van der Waals surface area contributed by atoms with E-state index >= 15 is 0 Å². The summed E-state index contributed by atoms with van der Waals surface area (Å²) in [6.07, 6.45) is 3.67. The predicted octanol–water partition coefficient (Wildman–Crippen LogP) is 6.79. The van der Waals surface area contributed by atoms with Gasteiger partial charge in [0.25, 0.3) is 5.91 Å². The summed E-state index contributed by atoms with van der Waals surface area (Å²) in [7, 11) is 1.36. The van der Waals surface area contributed by atoms with Gasteiger partial charge >= 0.3 is 5.97 Å². The molecule has 5 aromatic rings. The Labute approximate surface area is 278 Å². The first-order valence-electron chi connectivity index (χ1n) is 15.4. The summed E-state index contributed by atoms with van der Waals surface area (Å²) in [6.45, 7) is 11.7. The number of anilines is 1. The Kier molecular flexibility index (Phi) is 8.48. The molecule has 0 N–H and O–H groups in total. The van der Waals surface area contributed by atoms with Crippen molar-refractivity contribution in [3.8, 4) is 11.1 Å².